The standard InChI is InChI=1S/C23H23FN4O2/c1-14-5-3-6-15(2)21(14)27-23(30)28-10-9-19-18(13-28)22(29)26-20(25-19)12-16-7-4-8-17(24)11-16/h3-8,11H,9-10,12-13H2,1-2H3,(H,27,30)(H,25,26,29). The van der Waals surface area contributed by atoms with Gasteiger partial charge in [-0.25, -0.2) is 14.2 Å². The number of H-pyrrole nitrogens is 1. The van der Waals surface area contributed by atoms with Gasteiger partial charge >= 0.3 is 6.03 Å². The number of aromatic amines is 1. The zero-order valence-corrected chi connectivity index (χ0v) is 17.0. The second-order valence-electron chi connectivity index (χ2n) is 7.61. The SMILES string of the molecule is Cc1cccc(C)c1NC(=O)N1CCc2nc(Cc3cccc(F)c3)[nH]c(=O)c2C1. The van der Waals surface area contributed by atoms with Crippen LogP contribution in [0, 0.1) is 19.7 Å². The van der Waals surface area contributed by atoms with Crippen molar-refractivity contribution in [3.8, 4) is 0 Å². The smallest absolute Gasteiger partial charge is 0.320 e. The van der Waals surface area contributed by atoms with Gasteiger partial charge in [0.05, 0.1) is 17.8 Å². The van der Waals surface area contributed by atoms with Gasteiger partial charge in [-0.05, 0) is 42.7 Å². The molecule has 1 aromatic heterocycles. The number of para-hydroxylation sites is 1. The van der Waals surface area contributed by atoms with E-state index in [0.29, 0.717) is 36.5 Å². The van der Waals surface area contributed by atoms with Crippen molar-refractivity contribution in [2.75, 3.05) is 11.9 Å². The van der Waals surface area contributed by atoms with Gasteiger partial charge in [-0.2, -0.15) is 0 Å². The minimum Gasteiger partial charge on any atom is -0.320 e. The number of fused-ring (bicyclic) bond motifs is 1. The molecule has 0 unspecified atom stereocenters. The average Bonchev–Trinajstić information content (AvgIpc) is 2.70. The number of benzene rings is 2. The second-order valence-corrected chi connectivity index (χ2v) is 7.61. The fourth-order valence-electron chi connectivity index (χ4n) is 3.77. The molecule has 0 spiro atoms. The van der Waals surface area contributed by atoms with Crippen LogP contribution in [0.25, 0.3) is 0 Å². The highest BCUT2D eigenvalue weighted by atomic mass is 19.1. The van der Waals surface area contributed by atoms with Gasteiger partial charge in [-0.1, -0.05) is 30.3 Å². The highest BCUT2D eigenvalue weighted by Gasteiger charge is 2.25. The molecule has 154 valence electrons. The maximum atomic E-state index is 13.4. The Labute approximate surface area is 173 Å². The fourth-order valence-corrected chi connectivity index (χ4v) is 3.77. The molecule has 0 bridgehead atoms. The Morgan fingerprint density at radius 3 is 2.67 bits per heavy atom. The molecule has 0 aliphatic carbocycles. The van der Waals surface area contributed by atoms with Crippen molar-refractivity contribution in [3.63, 3.8) is 0 Å². The molecule has 2 N–H and O–H groups in total. The predicted octanol–water partition coefficient (Wildman–Crippen LogP) is 3.71. The van der Waals surface area contributed by atoms with Crippen LogP contribution in [-0.4, -0.2) is 27.4 Å². The maximum Gasteiger partial charge on any atom is 0.322 e. The molecule has 0 saturated carbocycles. The summed E-state index contributed by atoms with van der Waals surface area (Å²) in [5.74, 6) is 0.177. The number of hydrogen-bond donors (Lipinski definition) is 2. The van der Waals surface area contributed by atoms with E-state index in [9.17, 15) is 14.0 Å². The summed E-state index contributed by atoms with van der Waals surface area (Å²) in [6.07, 6.45) is 0.840. The molecular weight excluding hydrogens is 383 g/mol. The Hall–Kier alpha value is -3.48. The van der Waals surface area contributed by atoms with Gasteiger partial charge in [0, 0.05) is 25.1 Å². The molecule has 0 fully saturated rings. The Morgan fingerprint density at radius 1 is 1.20 bits per heavy atom. The molecule has 2 amide bonds. The minimum atomic E-state index is -0.321. The monoisotopic (exact) mass is 406 g/mol. The summed E-state index contributed by atoms with van der Waals surface area (Å²) in [5, 5.41) is 2.97. The van der Waals surface area contributed by atoms with Crippen LogP contribution >= 0.6 is 0 Å². The molecule has 7 heteroatoms. The Morgan fingerprint density at radius 2 is 1.93 bits per heavy atom. The van der Waals surface area contributed by atoms with Crippen molar-refractivity contribution in [2.45, 2.75) is 33.2 Å². The molecule has 3 aromatic rings. The van der Waals surface area contributed by atoms with Crippen LogP contribution in [0.4, 0.5) is 14.9 Å². The molecule has 2 heterocycles. The first-order chi connectivity index (χ1) is 14.4. The van der Waals surface area contributed by atoms with E-state index in [2.05, 4.69) is 15.3 Å². The van der Waals surface area contributed by atoms with E-state index >= 15 is 0 Å². The molecule has 0 radical (unpaired) electrons. The number of aryl methyl sites for hydroxylation is 2. The highest BCUT2D eigenvalue weighted by Crippen LogP contribution is 2.21. The van der Waals surface area contributed by atoms with Crippen LogP contribution in [-0.2, 0) is 19.4 Å². The number of aromatic nitrogens is 2. The third-order valence-electron chi connectivity index (χ3n) is 5.38. The van der Waals surface area contributed by atoms with Gasteiger partial charge in [0.25, 0.3) is 5.56 Å². The predicted molar refractivity (Wildman–Crippen MR) is 113 cm³/mol. The molecule has 1 aliphatic rings. The number of rotatable bonds is 3. The highest BCUT2D eigenvalue weighted by molar-refractivity contribution is 5.91. The van der Waals surface area contributed by atoms with E-state index in [-0.39, 0.29) is 24.0 Å². The Bertz CT molecular complexity index is 1150. The number of carbonyl (C=O) groups is 1. The molecule has 0 saturated heterocycles. The number of nitrogens with zero attached hydrogens (tertiary/aromatic N) is 2. The van der Waals surface area contributed by atoms with E-state index in [0.717, 1.165) is 22.4 Å². The zero-order chi connectivity index (χ0) is 21.3. The lowest BCUT2D eigenvalue weighted by molar-refractivity contribution is 0.205. The van der Waals surface area contributed by atoms with Crippen LogP contribution < -0.4 is 10.9 Å². The van der Waals surface area contributed by atoms with Crippen molar-refractivity contribution in [3.05, 3.63) is 92.4 Å². The average molecular weight is 406 g/mol. The third-order valence-corrected chi connectivity index (χ3v) is 5.38. The van der Waals surface area contributed by atoms with Crippen LogP contribution in [0.1, 0.15) is 33.8 Å². The number of amides is 2. The first-order valence-corrected chi connectivity index (χ1v) is 9.88. The molecular formula is C23H23FN4O2. The Kier molecular flexibility index (Phi) is 5.35. The molecule has 6 nitrogen and oxygen atoms in total. The van der Waals surface area contributed by atoms with E-state index in [1.807, 2.05) is 32.0 Å². The van der Waals surface area contributed by atoms with Crippen molar-refractivity contribution in [1.29, 1.82) is 0 Å². The van der Waals surface area contributed by atoms with E-state index < -0.39 is 0 Å². The lowest BCUT2D eigenvalue weighted by atomic mass is 10.1. The van der Waals surface area contributed by atoms with Crippen molar-refractivity contribution < 1.29 is 9.18 Å². The Balaban J connectivity index is 1.51. The van der Waals surface area contributed by atoms with Gasteiger partial charge in [0.1, 0.15) is 11.6 Å². The maximum absolute atomic E-state index is 13.4. The number of halogens is 1. The van der Waals surface area contributed by atoms with Crippen molar-refractivity contribution in [2.24, 2.45) is 0 Å². The van der Waals surface area contributed by atoms with Gasteiger partial charge in [-0.3, -0.25) is 4.79 Å². The summed E-state index contributed by atoms with van der Waals surface area (Å²) in [6.45, 7) is 4.57. The van der Waals surface area contributed by atoms with Gasteiger partial charge in [0.2, 0.25) is 0 Å². The van der Waals surface area contributed by atoms with Crippen LogP contribution in [0.3, 0.4) is 0 Å². The number of urea groups is 1. The van der Waals surface area contributed by atoms with Gasteiger partial charge in [-0.15, -0.1) is 0 Å². The van der Waals surface area contributed by atoms with E-state index in [1.165, 1.54) is 12.1 Å². The molecule has 4 rings (SSSR count). The van der Waals surface area contributed by atoms with Crippen molar-refractivity contribution in [1.82, 2.24) is 14.9 Å². The first-order valence-electron chi connectivity index (χ1n) is 9.88. The van der Waals surface area contributed by atoms with Crippen LogP contribution in [0.15, 0.2) is 47.3 Å². The second kappa shape index (κ2) is 8.10. The molecule has 2 aromatic carbocycles. The number of anilines is 1. The lowest BCUT2D eigenvalue weighted by Crippen LogP contribution is -2.42. The topological polar surface area (TPSA) is 78.1 Å². The van der Waals surface area contributed by atoms with Crippen LogP contribution in [0.2, 0.25) is 0 Å². The summed E-state index contributed by atoms with van der Waals surface area (Å²) in [4.78, 5) is 34.4. The van der Waals surface area contributed by atoms with Gasteiger partial charge < -0.3 is 15.2 Å². The number of hydrogen-bond acceptors (Lipinski definition) is 3. The number of carbonyl (C=O) groups excluding carboxylic acids is 1. The lowest BCUT2D eigenvalue weighted by Gasteiger charge is -2.28. The summed E-state index contributed by atoms with van der Waals surface area (Å²) in [6, 6.07) is 11.8. The summed E-state index contributed by atoms with van der Waals surface area (Å²) >= 11 is 0. The van der Waals surface area contributed by atoms with E-state index in [1.54, 1.807) is 17.0 Å². The summed E-state index contributed by atoms with van der Waals surface area (Å²) in [5.41, 5.74) is 4.46. The van der Waals surface area contributed by atoms with Crippen LogP contribution in [0.5, 0.6) is 0 Å². The minimum absolute atomic E-state index is 0.203. The van der Waals surface area contributed by atoms with E-state index in [4.69, 9.17) is 0 Å². The quantitative estimate of drug-likeness (QED) is 0.696. The first kappa shape index (κ1) is 19.8. The summed E-state index contributed by atoms with van der Waals surface area (Å²) in [7, 11) is 0. The number of nitrogens with one attached hydrogen (secondary N) is 2. The summed E-state index contributed by atoms with van der Waals surface area (Å²) < 4.78 is 13.4. The molecule has 0 atom stereocenters. The largest absolute Gasteiger partial charge is 0.322 e. The van der Waals surface area contributed by atoms with Gasteiger partial charge in [0.15, 0.2) is 0 Å². The zero-order valence-electron chi connectivity index (χ0n) is 17.0. The third kappa shape index (κ3) is 4.10. The molecule has 30 heavy (non-hydrogen) atoms. The van der Waals surface area contributed by atoms with Crippen molar-refractivity contribution >= 4 is 11.7 Å². The fraction of sp³-hybridized carbons (Fsp3) is 0.261. The normalized spacial score (nSPS) is 13.1. The molecule has 1 aliphatic heterocycles.